The van der Waals surface area contributed by atoms with Crippen molar-refractivity contribution >= 4 is 67.5 Å². The Hall–Kier alpha value is -0.983. The van der Waals surface area contributed by atoms with E-state index in [9.17, 15) is 0 Å². The Balaban J connectivity index is 2.03. The zero-order chi connectivity index (χ0) is 23.6. The molecule has 168 valence electrons. The molecule has 0 aliphatic carbocycles. The van der Waals surface area contributed by atoms with Crippen molar-refractivity contribution < 1.29 is 1.41 Å². The SMILES string of the molecule is Cc1cccc[c]1[Sn]([Cl])([O][Sn]([Cl])([c]1ccccc1C)[c]1ccccc1C)[c]1ccccc1C. The number of rotatable bonds is 6. The van der Waals surface area contributed by atoms with Crippen LogP contribution in [0.4, 0.5) is 0 Å². The molecule has 33 heavy (non-hydrogen) atoms. The Morgan fingerprint density at radius 1 is 0.424 bits per heavy atom. The summed E-state index contributed by atoms with van der Waals surface area (Å²) in [7, 11) is 15.7. The Kier molecular flexibility index (Phi) is 7.86. The number of aryl methyl sites for hydroxylation is 4. The molecule has 4 aromatic rings. The van der Waals surface area contributed by atoms with E-state index >= 15 is 0 Å². The van der Waals surface area contributed by atoms with Gasteiger partial charge in [0.1, 0.15) is 0 Å². The minimum absolute atomic E-state index is 1.13. The molecule has 0 aromatic heterocycles. The summed E-state index contributed by atoms with van der Waals surface area (Å²) in [6.45, 7) is 8.49. The van der Waals surface area contributed by atoms with Gasteiger partial charge in [0.2, 0.25) is 0 Å². The van der Waals surface area contributed by atoms with E-state index in [1.54, 1.807) is 0 Å². The summed E-state index contributed by atoms with van der Waals surface area (Å²) < 4.78 is 12.0. The molecular weight excluding hydrogens is 661 g/mol. The molecule has 0 atom stereocenters. The molecule has 0 fully saturated rings. The van der Waals surface area contributed by atoms with Crippen molar-refractivity contribution in [3.63, 3.8) is 0 Å². The number of halogens is 2. The van der Waals surface area contributed by atoms with E-state index < -0.39 is 35.3 Å². The van der Waals surface area contributed by atoms with Crippen LogP contribution in [0.2, 0.25) is 0 Å². The zero-order valence-corrected chi connectivity index (χ0v) is 26.6. The van der Waals surface area contributed by atoms with Crippen molar-refractivity contribution in [3.8, 4) is 0 Å². The van der Waals surface area contributed by atoms with Crippen LogP contribution in [0.3, 0.4) is 0 Å². The van der Waals surface area contributed by atoms with E-state index in [0.717, 1.165) is 36.6 Å². The van der Waals surface area contributed by atoms with Crippen molar-refractivity contribution in [1.29, 1.82) is 0 Å². The number of hydrogen-bond acceptors (Lipinski definition) is 1. The fraction of sp³-hybridized carbons (Fsp3) is 0.143. The standard InChI is InChI=1S/4C7H7.2ClH.O.2Sn/c4*1-7-5-3-2-4-6-7;;;;;/h4*2-5H,1H3;2*1H;;;/q;;;;;;;2*+1/p-2. The zero-order valence-electron chi connectivity index (χ0n) is 19.4. The molecule has 4 rings (SSSR count). The second-order valence-electron chi connectivity index (χ2n) is 8.55. The molecule has 0 unspecified atom stereocenters. The van der Waals surface area contributed by atoms with Crippen molar-refractivity contribution in [2.75, 3.05) is 0 Å². The maximum absolute atomic E-state index is 7.85. The summed E-state index contributed by atoms with van der Waals surface area (Å²) in [6, 6.07) is 33.5. The molecule has 5 heteroatoms. The van der Waals surface area contributed by atoms with E-state index in [4.69, 9.17) is 19.3 Å². The van der Waals surface area contributed by atoms with Crippen molar-refractivity contribution in [1.82, 2.24) is 0 Å². The first-order valence-electron chi connectivity index (χ1n) is 11.1. The van der Waals surface area contributed by atoms with Crippen LogP contribution in [0, 0.1) is 27.7 Å². The average molecular weight is 689 g/mol. The normalized spacial score (nSPS) is 12.1. The summed E-state index contributed by atoms with van der Waals surface area (Å²) in [5.41, 5.74) is 4.63. The summed E-state index contributed by atoms with van der Waals surface area (Å²) in [6.07, 6.45) is 0. The van der Waals surface area contributed by atoms with Gasteiger partial charge in [-0.15, -0.1) is 0 Å². The molecule has 0 spiro atoms. The van der Waals surface area contributed by atoms with E-state index in [2.05, 4.69) is 125 Å². The topological polar surface area (TPSA) is 9.23 Å². The third-order valence-corrected chi connectivity index (χ3v) is 45.3. The Labute approximate surface area is 214 Å². The average Bonchev–Trinajstić information content (AvgIpc) is 2.80. The monoisotopic (exact) mass is 690 g/mol. The summed E-state index contributed by atoms with van der Waals surface area (Å²) in [4.78, 5) is 0. The Morgan fingerprint density at radius 3 is 0.848 bits per heavy atom. The molecule has 0 aliphatic heterocycles. The van der Waals surface area contributed by atoms with Gasteiger partial charge in [0, 0.05) is 0 Å². The molecule has 0 radical (unpaired) electrons. The molecule has 1 nitrogen and oxygen atoms in total. The van der Waals surface area contributed by atoms with Gasteiger partial charge in [-0.05, 0) is 0 Å². The predicted octanol–water partition coefficient (Wildman–Crippen LogP) is 5.23. The molecular formula is C28H28Cl2OSn2. The van der Waals surface area contributed by atoms with Crippen LogP contribution in [0.15, 0.2) is 97.1 Å². The van der Waals surface area contributed by atoms with E-state index in [1.165, 1.54) is 0 Å². The first-order chi connectivity index (χ1) is 15.8. The van der Waals surface area contributed by atoms with Gasteiger partial charge in [-0.3, -0.25) is 0 Å². The fourth-order valence-electron chi connectivity index (χ4n) is 4.44. The van der Waals surface area contributed by atoms with E-state index in [1.807, 2.05) is 0 Å². The second-order valence-corrected chi connectivity index (χ2v) is 33.1. The molecule has 0 bridgehead atoms. The number of benzene rings is 4. The van der Waals surface area contributed by atoms with Crippen LogP contribution in [0.25, 0.3) is 0 Å². The molecule has 0 aliphatic rings. The van der Waals surface area contributed by atoms with Crippen LogP contribution in [-0.2, 0) is 1.41 Å². The van der Waals surface area contributed by atoms with Gasteiger partial charge in [-0.1, -0.05) is 0 Å². The third-order valence-electron chi connectivity index (χ3n) is 6.25. The van der Waals surface area contributed by atoms with Gasteiger partial charge in [-0.25, -0.2) is 0 Å². The number of hydrogen-bond donors (Lipinski definition) is 0. The molecule has 0 saturated heterocycles. The van der Waals surface area contributed by atoms with Crippen LogP contribution in [-0.4, -0.2) is 35.3 Å². The third kappa shape index (κ3) is 4.90. The van der Waals surface area contributed by atoms with Crippen molar-refractivity contribution in [2.45, 2.75) is 27.7 Å². The fourth-order valence-corrected chi connectivity index (χ4v) is 52.5. The van der Waals surface area contributed by atoms with E-state index in [-0.39, 0.29) is 0 Å². The van der Waals surface area contributed by atoms with Gasteiger partial charge in [0.15, 0.2) is 0 Å². The molecule has 4 aromatic carbocycles. The molecule has 0 saturated carbocycles. The van der Waals surface area contributed by atoms with Gasteiger partial charge >= 0.3 is 216 Å². The van der Waals surface area contributed by atoms with Crippen LogP contribution in [0.5, 0.6) is 0 Å². The molecule has 0 N–H and O–H groups in total. The van der Waals surface area contributed by atoms with Gasteiger partial charge < -0.3 is 0 Å². The predicted molar refractivity (Wildman–Crippen MR) is 148 cm³/mol. The van der Waals surface area contributed by atoms with Crippen LogP contribution < -0.4 is 14.3 Å². The maximum atomic E-state index is 7.85. The van der Waals surface area contributed by atoms with Gasteiger partial charge in [-0.2, -0.15) is 0 Å². The van der Waals surface area contributed by atoms with Gasteiger partial charge in [0.05, 0.1) is 0 Å². The minimum atomic E-state index is -4.22. The first kappa shape index (κ1) is 25.1. The first-order valence-corrected chi connectivity index (χ1v) is 26.4. The van der Waals surface area contributed by atoms with Crippen molar-refractivity contribution in [3.05, 3.63) is 119 Å². The van der Waals surface area contributed by atoms with Gasteiger partial charge in [0.25, 0.3) is 0 Å². The Morgan fingerprint density at radius 2 is 0.636 bits per heavy atom. The van der Waals surface area contributed by atoms with Crippen LogP contribution >= 0.6 is 17.8 Å². The van der Waals surface area contributed by atoms with E-state index in [0.29, 0.717) is 0 Å². The summed E-state index contributed by atoms with van der Waals surface area (Å²) in [5.74, 6) is 0. The second kappa shape index (κ2) is 10.3. The quantitative estimate of drug-likeness (QED) is 0.253. The molecule has 0 heterocycles. The Bertz CT molecular complexity index is 1100. The summed E-state index contributed by atoms with van der Waals surface area (Å²) >= 11 is -8.44. The molecule has 0 amide bonds. The van der Waals surface area contributed by atoms with Crippen molar-refractivity contribution in [2.24, 2.45) is 0 Å². The van der Waals surface area contributed by atoms with Crippen LogP contribution in [0.1, 0.15) is 22.3 Å². The summed E-state index contributed by atoms with van der Waals surface area (Å²) in [5, 5.41) is 0.